The fraction of sp³-hybridized carbons (Fsp3) is 0.435. The number of sulfonamides is 1. The summed E-state index contributed by atoms with van der Waals surface area (Å²) in [5.74, 6) is 0.425. The Kier molecular flexibility index (Phi) is 7.53. The van der Waals surface area contributed by atoms with Crippen LogP contribution in [0.15, 0.2) is 50.7 Å². The van der Waals surface area contributed by atoms with E-state index in [2.05, 4.69) is 10.3 Å². The monoisotopic (exact) mass is 503 g/mol. The van der Waals surface area contributed by atoms with E-state index in [9.17, 15) is 13.2 Å². The lowest BCUT2D eigenvalue weighted by Crippen LogP contribution is -2.49. The fourth-order valence-electron chi connectivity index (χ4n) is 4.03. The molecule has 4 rings (SSSR count). The van der Waals surface area contributed by atoms with Crippen molar-refractivity contribution in [2.75, 3.05) is 50.9 Å². The van der Waals surface area contributed by atoms with E-state index in [1.807, 2.05) is 30.0 Å². The van der Waals surface area contributed by atoms with Crippen LogP contribution in [-0.4, -0.2) is 73.7 Å². The second-order valence-electron chi connectivity index (χ2n) is 8.00. The van der Waals surface area contributed by atoms with Crippen LogP contribution in [0.1, 0.15) is 18.4 Å². The number of benzene rings is 1. The highest BCUT2D eigenvalue weighted by Gasteiger charge is 2.34. The van der Waals surface area contributed by atoms with Gasteiger partial charge in [-0.3, -0.25) is 4.79 Å². The van der Waals surface area contributed by atoms with Gasteiger partial charge in [0, 0.05) is 32.8 Å². The molecule has 0 N–H and O–H groups in total. The first kappa shape index (κ1) is 24.9. The van der Waals surface area contributed by atoms with Crippen molar-refractivity contribution in [3.8, 4) is 11.4 Å². The zero-order chi connectivity index (χ0) is 25.0. The molecule has 0 amide bonds. The number of ether oxygens (including phenoxy) is 2. The van der Waals surface area contributed by atoms with Gasteiger partial charge in [0.25, 0.3) is 0 Å². The van der Waals surface area contributed by atoms with Crippen LogP contribution < -0.4 is 15.2 Å². The Morgan fingerprint density at radius 2 is 1.77 bits per heavy atom. The standard InChI is InChI=1S/C23H29N5O6S/c1-4-32-14-15-33-21-20(16-24-28(23(21)29)19-8-6-5-7-9-19)26-10-12-27(13-11-26)35(30,31)22-17(2)25-34-18(22)3/h5-9,16H,4,10-15H2,1-3H3. The quantitative estimate of drug-likeness (QED) is 0.402. The smallest absolute Gasteiger partial charge is 0.316 e. The Hall–Kier alpha value is -3.22. The molecule has 0 aliphatic carbocycles. The molecule has 0 bridgehead atoms. The van der Waals surface area contributed by atoms with Crippen molar-refractivity contribution in [3.05, 3.63) is 58.3 Å². The number of piperazine rings is 1. The molecule has 1 aliphatic heterocycles. The highest BCUT2D eigenvalue weighted by Crippen LogP contribution is 2.28. The molecule has 1 fully saturated rings. The topological polar surface area (TPSA) is 120 Å². The number of nitrogens with zero attached hydrogens (tertiary/aromatic N) is 5. The summed E-state index contributed by atoms with van der Waals surface area (Å²) in [7, 11) is -3.75. The van der Waals surface area contributed by atoms with Crippen molar-refractivity contribution >= 4 is 15.7 Å². The molecule has 188 valence electrons. The lowest BCUT2D eigenvalue weighted by molar-refractivity contribution is 0.109. The second kappa shape index (κ2) is 10.6. The molecule has 11 nitrogen and oxygen atoms in total. The predicted molar refractivity (Wildman–Crippen MR) is 129 cm³/mol. The summed E-state index contributed by atoms with van der Waals surface area (Å²) in [6, 6.07) is 9.09. The van der Waals surface area contributed by atoms with Gasteiger partial charge in [0.1, 0.15) is 22.9 Å². The number of hydrogen-bond donors (Lipinski definition) is 0. The SMILES string of the molecule is CCOCCOc1c(N2CCN(S(=O)(=O)c3c(C)noc3C)CC2)cnn(-c2ccccc2)c1=O. The zero-order valence-electron chi connectivity index (χ0n) is 20.0. The van der Waals surface area contributed by atoms with E-state index in [1.165, 1.54) is 8.99 Å². The van der Waals surface area contributed by atoms with E-state index in [0.29, 0.717) is 43.4 Å². The van der Waals surface area contributed by atoms with Crippen LogP contribution in [0.5, 0.6) is 5.75 Å². The summed E-state index contributed by atoms with van der Waals surface area (Å²) >= 11 is 0. The number of rotatable bonds is 9. The number of aromatic nitrogens is 3. The van der Waals surface area contributed by atoms with Crippen molar-refractivity contribution in [1.82, 2.24) is 19.2 Å². The third kappa shape index (κ3) is 5.09. The second-order valence-corrected chi connectivity index (χ2v) is 9.88. The Morgan fingerprint density at radius 1 is 1.06 bits per heavy atom. The van der Waals surface area contributed by atoms with E-state index < -0.39 is 15.6 Å². The van der Waals surface area contributed by atoms with Gasteiger partial charge in [0.2, 0.25) is 15.8 Å². The van der Waals surface area contributed by atoms with Gasteiger partial charge in [-0.2, -0.15) is 14.1 Å². The number of para-hydroxylation sites is 1. The van der Waals surface area contributed by atoms with Crippen molar-refractivity contribution < 1.29 is 22.4 Å². The lowest BCUT2D eigenvalue weighted by atomic mass is 10.3. The van der Waals surface area contributed by atoms with Gasteiger partial charge in [-0.1, -0.05) is 23.4 Å². The summed E-state index contributed by atoms with van der Waals surface area (Å²) in [4.78, 5) is 15.4. The molecule has 1 aliphatic rings. The first-order valence-electron chi connectivity index (χ1n) is 11.4. The van der Waals surface area contributed by atoms with Gasteiger partial charge in [0.15, 0.2) is 5.76 Å². The van der Waals surface area contributed by atoms with E-state index in [-0.39, 0.29) is 36.1 Å². The molecule has 0 saturated carbocycles. The molecule has 12 heteroatoms. The Bertz CT molecular complexity index is 1290. The third-order valence-corrected chi connectivity index (χ3v) is 7.88. The average Bonchev–Trinajstić information content (AvgIpc) is 3.21. The summed E-state index contributed by atoms with van der Waals surface area (Å²) in [5, 5.41) is 8.13. The molecular formula is C23H29N5O6S. The summed E-state index contributed by atoms with van der Waals surface area (Å²) in [6.07, 6.45) is 1.59. The molecule has 35 heavy (non-hydrogen) atoms. The third-order valence-electron chi connectivity index (χ3n) is 5.74. The van der Waals surface area contributed by atoms with Gasteiger partial charge in [-0.15, -0.1) is 0 Å². The maximum absolute atomic E-state index is 13.3. The molecule has 2 aromatic heterocycles. The van der Waals surface area contributed by atoms with Crippen molar-refractivity contribution in [3.63, 3.8) is 0 Å². The molecular weight excluding hydrogens is 474 g/mol. The van der Waals surface area contributed by atoms with Crippen molar-refractivity contribution in [2.45, 2.75) is 25.7 Å². The van der Waals surface area contributed by atoms with Crippen molar-refractivity contribution in [1.29, 1.82) is 0 Å². The summed E-state index contributed by atoms with van der Waals surface area (Å²) < 4.78 is 45.3. The minimum absolute atomic E-state index is 0.109. The minimum Gasteiger partial charge on any atom is -0.484 e. The maximum Gasteiger partial charge on any atom is 0.316 e. The van der Waals surface area contributed by atoms with Gasteiger partial charge in [0.05, 0.1) is 18.5 Å². The van der Waals surface area contributed by atoms with Gasteiger partial charge >= 0.3 is 5.56 Å². The zero-order valence-corrected chi connectivity index (χ0v) is 20.8. The number of anilines is 1. The van der Waals surface area contributed by atoms with Crippen LogP contribution in [0, 0.1) is 13.8 Å². The molecule has 3 heterocycles. The van der Waals surface area contributed by atoms with E-state index >= 15 is 0 Å². The van der Waals surface area contributed by atoms with Crippen LogP contribution >= 0.6 is 0 Å². The minimum atomic E-state index is -3.75. The van der Waals surface area contributed by atoms with Crippen LogP contribution in [0.25, 0.3) is 5.69 Å². The Morgan fingerprint density at radius 3 is 2.40 bits per heavy atom. The first-order valence-corrected chi connectivity index (χ1v) is 12.8. The van der Waals surface area contributed by atoms with Gasteiger partial charge in [-0.25, -0.2) is 8.42 Å². The van der Waals surface area contributed by atoms with Crippen LogP contribution in [0.4, 0.5) is 5.69 Å². The van der Waals surface area contributed by atoms with Crippen LogP contribution in [0.3, 0.4) is 0 Å². The average molecular weight is 504 g/mol. The molecule has 0 spiro atoms. The van der Waals surface area contributed by atoms with E-state index in [0.717, 1.165) is 0 Å². The number of hydrogen-bond acceptors (Lipinski definition) is 9. The highest BCUT2D eigenvalue weighted by atomic mass is 32.2. The summed E-state index contributed by atoms with van der Waals surface area (Å²) in [6.45, 7) is 7.35. The predicted octanol–water partition coefficient (Wildman–Crippen LogP) is 1.76. The molecule has 0 atom stereocenters. The number of aryl methyl sites for hydroxylation is 2. The largest absolute Gasteiger partial charge is 0.484 e. The summed E-state index contributed by atoms with van der Waals surface area (Å²) in [5.41, 5.74) is 1.08. The molecule has 3 aromatic rings. The molecule has 1 saturated heterocycles. The first-order chi connectivity index (χ1) is 16.8. The molecule has 0 radical (unpaired) electrons. The Labute approximate surface area is 203 Å². The lowest BCUT2D eigenvalue weighted by Gasteiger charge is -2.35. The molecule has 0 unspecified atom stereocenters. The maximum atomic E-state index is 13.3. The van der Waals surface area contributed by atoms with Crippen molar-refractivity contribution in [2.24, 2.45) is 0 Å². The highest BCUT2D eigenvalue weighted by molar-refractivity contribution is 7.89. The van der Waals surface area contributed by atoms with E-state index in [4.69, 9.17) is 14.0 Å². The van der Waals surface area contributed by atoms with Crippen LogP contribution in [-0.2, 0) is 14.8 Å². The normalized spacial score (nSPS) is 14.9. The van der Waals surface area contributed by atoms with E-state index in [1.54, 1.807) is 32.2 Å². The van der Waals surface area contributed by atoms with Gasteiger partial charge in [-0.05, 0) is 32.9 Å². The Balaban J connectivity index is 1.59. The molecule has 1 aromatic carbocycles. The van der Waals surface area contributed by atoms with Crippen LogP contribution in [0.2, 0.25) is 0 Å². The van der Waals surface area contributed by atoms with Gasteiger partial charge < -0.3 is 18.9 Å². The fourth-order valence-corrected chi connectivity index (χ4v) is 5.74.